The topological polar surface area (TPSA) is 108 Å². The number of likely N-dealkylation sites (tertiary alicyclic amines) is 1. The second-order valence-corrected chi connectivity index (χ2v) is 10.2. The minimum absolute atomic E-state index is 0.0101. The summed E-state index contributed by atoms with van der Waals surface area (Å²) < 4.78 is 11.8. The fourth-order valence-corrected chi connectivity index (χ4v) is 5.20. The van der Waals surface area contributed by atoms with E-state index in [1.54, 1.807) is 18.2 Å². The Bertz CT molecular complexity index is 1360. The molecule has 0 radical (unpaired) electrons. The number of carbonyl (C=O) groups is 2. The number of rotatable bonds is 8. The lowest BCUT2D eigenvalue weighted by atomic mass is 10.1. The largest absolute Gasteiger partial charge is 0.490 e. The van der Waals surface area contributed by atoms with Crippen LogP contribution < -0.4 is 9.47 Å². The predicted molar refractivity (Wildman–Crippen MR) is 149 cm³/mol. The molecule has 0 unspecified atom stereocenters. The Labute approximate surface area is 225 Å². The van der Waals surface area contributed by atoms with Gasteiger partial charge in [0.05, 0.1) is 18.6 Å². The average Bonchev–Trinajstić information content (AvgIpc) is 3.58. The minimum Gasteiger partial charge on any atom is -0.490 e. The maximum absolute atomic E-state index is 12.8. The molecule has 0 spiro atoms. The molecule has 2 aromatic rings. The molecule has 0 aromatic heterocycles. The monoisotopic (exact) mass is 531 g/mol. The molecule has 3 aliphatic rings. The van der Waals surface area contributed by atoms with E-state index in [1.165, 1.54) is 22.3 Å². The van der Waals surface area contributed by atoms with Crippen molar-refractivity contribution in [2.24, 2.45) is 10.1 Å². The van der Waals surface area contributed by atoms with Gasteiger partial charge in [-0.1, -0.05) is 35.9 Å². The number of hydrazone groups is 1. The lowest BCUT2D eigenvalue weighted by Crippen LogP contribution is -2.35. The molecule has 2 amide bonds. The number of ether oxygens (including phenoxy) is 2. The Balaban J connectivity index is 1.32. The Morgan fingerprint density at radius 3 is 2.61 bits per heavy atom. The van der Waals surface area contributed by atoms with Gasteiger partial charge in [0.25, 0.3) is 5.91 Å². The molecule has 3 heterocycles. The quantitative estimate of drug-likeness (QED) is 0.499. The number of aryl methyl sites for hydroxylation is 1. The predicted octanol–water partition coefficient (Wildman–Crippen LogP) is 4.60. The zero-order valence-corrected chi connectivity index (χ0v) is 22.2. The minimum atomic E-state index is -0.520. The van der Waals surface area contributed by atoms with Crippen LogP contribution in [0.5, 0.6) is 11.5 Å². The van der Waals surface area contributed by atoms with Crippen molar-refractivity contribution < 1.29 is 19.1 Å². The standard InChI is InChI=1S/C28H29N5O4S/c1-3-36-23-15-20(10-11-22(23)37-17-19-8-6-18(2)7-9-19)14-21-26(29)33-28(30-27(21)35)38-24(31-33)16-25(34)32-12-4-5-13-32/h6-11,14-15,29H,3-5,12-13,16-17H2,1-2H3. The lowest BCUT2D eigenvalue weighted by Gasteiger charge is -2.20. The summed E-state index contributed by atoms with van der Waals surface area (Å²) in [5, 5.41) is 15.2. The van der Waals surface area contributed by atoms with Gasteiger partial charge >= 0.3 is 0 Å². The first kappa shape index (κ1) is 25.7. The van der Waals surface area contributed by atoms with Crippen LogP contribution in [0.1, 0.15) is 42.9 Å². The van der Waals surface area contributed by atoms with E-state index < -0.39 is 5.91 Å². The molecule has 5 rings (SSSR count). The summed E-state index contributed by atoms with van der Waals surface area (Å²) in [6.07, 6.45) is 3.78. The summed E-state index contributed by atoms with van der Waals surface area (Å²) in [6, 6.07) is 13.5. The fraction of sp³-hybridized carbons (Fsp3) is 0.321. The third-order valence-corrected chi connectivity index (χ3v) is 7.26. The van der Waals surface area contributed by atoms with Gasteiger partial charge in [-0.05, 0) is 67.8 Å². The number of fused-ring (bicyclic) bond motifs is 1. The van der Waals surface area contributed by atoms with Crippen molar-refractivity contribution in [3.63, 3.8) is 0 Å². The number of carbonyl (C=O) groups excluding carboxylic acids is 2. The number of hydrogen-bond donors (Lipinski definition) is 1. The van der Waals surface area contributed by atoms with Crippen LogP contribution in [0.25, 0.3) is 6.08 Å². The van der Waals surface area contributed by atoms with Crippen LogP contribution in [-0.4, -0.2) is 57.5 Å². The molecule has 0 atom stereocenters. The van der Waals surface area contributed by atoms with Gasteiger partial charge in [-0.25, -0.2) is 0 Å². The van der Waals surface area contributed by atoms with E-state index in [2.05, 4.69) is 10.1 Å². The molecule has 196 valence electrons. The Hall–Kier alpha value is -3.92. The Morgan fingerprint density at radius 2 is 1.87 bits per heavy atom. The molecule has 38 heavy (non-hydrogen) atoms. The first-order valence-electron chi connectivity index (χ1n) is 12.6. The van der Waals surface area contributed by atoms with Gasteiger partial charge in [-0.2, -0.15) is 15.1 Å². The smallest absolute Gasteiger partial charge is 0.283 e. The van der Waals surface area contributed by atoms with E-state index in [4.69, 9.17) is 14.9 Å². The van der Waals surface area contributed by atoms with Crippen molar-refractivity contribution in [3.8, 4) is 11.5 Å². The van der Waals surface area contributed by atoms with Gasteiger partial charge in [0.1, 0.15) is 11.7 Å². The van der Waals surface area contributed by atoms with Gasteiger partial charge in [0.15, 0.2) is 17.3 Å². The second kappa shape index (κ2) is 11.2. The van der Waals surface area contributed by atoms with E-state index in [0.717, 1.165) is 31.5 Å². The molecule has 2 aromatic carbocycles. The maximum Gasteiger partial charge on any atom is 0.283 e. The molecule has 0 bridgehead atoms. The number of aliphatic imine (C=N–C) groups is 1. The lowest BCUT2D eigenvalue weighted by molar-refractivity contribution is -0.128. The SMILES string of the molecule is CCOc1cc(C=C2C(=N)N3N=C(CC(=O)N4CCCC4)SC3=NC2=O)ccc1OCc1ccc(C)cc1. The second-order valence-electron chi connectivity index (χ2n) is 9.19. The van der Waals surface area contributed by atoms with Crippen molar-refractivity contribution in [1.29, 1.82) is 5.41 Å². The van der Waals surface area contributed by atoms with Gasteiger partial charge in [0.2, 0.25) is 11.1 Å². The first-order valence-corrected chi connectivity index (χ1v) is 13.4. The van der Waals surface area contributed by atoms with Crippen molar-refractivity contribution in [2.75, 3.05) is 19.7 Å². The van der Waals surface area contributed by atoms with E-state index in [0.29, 0.717) is 40.5 Å². The summed E-state index contributed by atoms with van der Waals surface area (Å²) in [4.78, 5) is 31.3. The van der Waals surface area contributed by atoms with Gasteiger partial charge in [0, 0.05) is 13.1 Å². The fourth-order valence-electron chi connectivity index (χ4n) is 4.32. The summed E-state index contributed by atoms with van der Waals surface area (Å²) >= 11 is 1.17. The molecule has 1 N–H and O–H groups in total. The normalized spacial score (nSPS) is 18.0. The highest BCUT2D eigenvalue weighted by atomic mass is 32.2. The first-order chi connectivity index (χ1) is 18.4. The van der Waals surface area contributed by atoms with Crippen molar-refractivity contribution in [3.05, 3.63) is 64.7 Å². The highest BCUT2D eigenvalue weighted by Crippen LogP contribution is 2.33. The van der Waals surface area contributed by atoms with Crippen LogP contribution in [0.2, 0.25) is 0 Å². The van der Waals surface area contributed by atoms with Gasteiger partial charge in [-0.3, -0.25) is 15.0 Å². The molecular weight excluding hydrogens is 502 g/mol. The Kier molecular flexibility index (Phi) is 7.59. The number of thioether (sulfide) groups is 1. The third kappa shape index (κ3) is 5.65. The van der Waals surface area contributed by atoms with Gasteiger partial charge in [-0.15, -0.1) is 0 Å². The van der Waals surface area contributed by atoms with Crippen LogP contribution in [0.3, 0.4) is 0 Å². The number of nitrogens with zero attached hydrogens (tertiary/aromatic N) is 4. The molecule has 0 aliphatic carbocycles. The zero-order chi connectivity index (χ0) is 26.6. The highest BCUT2D eigenvalue weighted by molar-refractivity contribution is 8.27. The van der Waals surface area contributed by atoms with Crippen LogP contribution >= 0.6 is 11.8 Å². The highest BCUT2D eigenvalue weighted by Gasteiger charge is 2.36. The summed E-state index contributed by atoms with van der Waals surface area (Å²) in [6.45, 7) is 6.31. The molecule has 3 aliphatic heterocycles. The summed E-state index contributed by atoms with van der Waals surface area (Å²) in [5.74, 6) is 0.552. The van der Waals surface area contributed by atoms with Crippen molar-refractivity contribution in [2.45, 2.75) is 39.7 Å². The summed E-state index contributed by atoms with van der Waals surface area (Å²) in [5.41, 5.74) is 3.01. The molecule has 1 fully saturated rings. The third-order valence-electron chi connectivity index (χ3n) is 6.35. The van der Waals surface area contributed by atoms with Crippen molar-refractivity contribution >= 4 is 45.7 Å². The molecule has 1 saturated heterocycles. The molecule has 10 heteroatoms. The number of amides is 2. The van der Waals surface area contributed by atoms with Crippen LogP contribution in [0, 0.1) is 12.3 Å². The van der Waals surface area contributed by atoms with E-state index in [1.807, 2.05) is 49.1 Å². The van der Waals surface area contributed by atoms with Crippen LogP contribution in [0.4, 0.5) is 0 Å². The van der Waals surface area contributed by atoms with Crippen LogP contribution in [0.15, 0.2) is 58.1 Å². The number of hydrogen-bond acceptors (Lipinski definition) is 7. The van der Waals surface area contributed by atoms with E-state index in [-0.39, 0.29) is 23.7 Å². The number of nitrogens with one attached hydrogen (secondary N) is 1. The zero-order valence-electron chi connectivity index (χ0n) is 21.4. The summed E-state index contributed by atoms with van der Waals surface area (Å²) in [7, 11) is 0. The Morgan fingerprint density at radius 1 is 1.11 bits per heavy atom. The van der Waals surface area contributed by atoms with E-state index >= 15 is 0 Å². The number of benzene rings is 2. The van der Waals surface area contributed by atoms with Crippen LogP contribution in [-0.2, 0) is 16.2 Å². The van der Waals surface area contributed by atoms with E-state index in [9.17, 15) is 9.59 Å². The molecule has 9 nitrogen and oxygen atoms in total. The maximum atomic E-state index is 12.8. The average molecular weight is 532 g/mol. The van der Waals surface area contributed by atoms with Crippen molar-refractivity contribution in [1.82, 2.24) is 9.91 Å². The molecular formula is C28H29N5O4S. The molecule has 0 saturated carbocycles. The number of amidine groups is 2. The van der Waals surface area contributed by atoms with Gasteiger partial charge < -0.3 is 14.4 Å².